The molecule has 9 nitrogen and oxygen atoms in total. The van der Waals surface area contributed by atoms with Gasteiger partial charge in [-0.3, -0.25) is 4.57 Å². The molecule has 127 heavy (non-hydrogen) atoms. The summed E-state index contributed by atoms with van der Waals surface area (Å²) < 4.78 is 11.8. The van der Waals surface area contributed by atoms with E-state index in [1.54, 1.807) is 0 Å². The van der Waals surface area contributed by atoms with Crippen LogP contribution in [0.1, 0.15) is 0 Å². The Kier molecular flexibility index (Phi) is 16.2. The van der Waals surface area contributed by atoms with Crippen LogP contribution in [-0.2, 0) is 0 Å². The van der Waals surface area contributed by atoms with Crippen molar-refractivity contribution in [3.63, 3.8) is 0 Å². The molecule has 0 radical (unpaired) electrons. The van der Waals surface area contributed by atoms with Crippen LogP contribution in [0.5, 0.6) is 0 Å². The third kappa shape index (κ3) is 11.4. The summed E-state index contributed by atoms with van der Waals surface area (Å²) in [5, 5.41) is 21.3. The summed E-state index contributed by atoms with van der Waals surface area (Å²) >= 11 is 0. The van der Waals surface area contributed by atoms with Crippen molar-refractivity contribution in [2.75, 3.05) is 0 Å². The van der Waals surface area contributed by atoms with Crippen molar-refractivity contribution in [2.45, 2.75) is 0 Å². The zero-order chi connectivity index (χ0) is 83.3. The lowest BCUT2D eigenvalue weighted by molar-refractivity contribution is 1.01. The molecule has 0 N–H and O–H groups in total. The zero-order valence-electron chi connectivity index (χ0n) is 68.7. The Hall–Kier alpha value is -17.1. The van der Waals surface area contributed by atoms with E-state index in [1.165, 1.54) is 120 Å². The van der Waals surface area contributed by atoms with Gasteiger partial charge in [0.2, 0.25) is 5.95 Å². The van der Waals surface area contributed by atoms with Crippen molar-refractivity contribution in [1.82, 2.24) is 42.8 Å². The van der Waals surface area contributed by atoms with Gasteiger partial charge in [0.15, 0.2) is 5.82 Å². The first-order chi connectivity index (χ1) is 63.0. The number of rotatable bonds is 10. The van der Waals surface area contributed by atoms with Gasteiger partial charge < -0.3 is 18.3 Å². The zero-order valence-corrected chi connectivity index (χ0v) is 68.7. The van der Waals surface area contributed by atoms with Gasteiger partial charge >= 0.3 is 0 Å². The molecular weight excluding hydrogens is 1540 g/mol. The first-order valence-corrected chi connectivity index (χ1v) is 43.3. The highest BCUT2D eigenvalue weighted by atomic mass is 15.2. The number of hydrogen-bond donors (Lipinski definition) is 0. The average Bonchev–Trinajstić information content (AvgIpc) is 1.57. The molecule has 0 bridgehead atoms. The minimum Gasteiger partial charge on any atom is -0.309 e. The normalized spacial score (nSPS) is 11.9. The standard InChI is InChI=1S/C60H37N5.C58H36N4/c1-3-16-42(17-4-1)63-52-25-13-10-21-45(52)48-35-39(28-31-54(48)63)40-29-32-56-50(36-40)58-44-20-8-7-15-38(44)27-34-57(58)65(56)60-61-51-24-12-9-23-47(51)59(62-60)41-30-33-55-49(37-41)46-22-11-14-26-53(46)64(55)43-18-5-2-6-19-43;1-3-16-38(17-4-1)57-47-24-11-13-25-50(47)59-58(60-57)46-30-34-52(44-22-10-9-21-43(44)46)62-54-32-29-40(36-49(54)56-42-20-8-7-15-37(42)27-33-55(56)62)39-28-31-53-48(35-39)45-23-12-14-26-51(45)61(53)41-18-5-2-6-19-41/h1-37H;1-36H. The third-order valence-electron chi connectivity index (χ3n) is 26.1. The molecule has 0 aliphatic carbocycles. The molecule has 20 aromatic carbocycles. The van der Waals surface area contributed by atoms with Crippen molar-refractivity contribution in [1.29, 1.82) is 0 Å². The Morgan fingerprint density at radius 1 is 0.165 bits per heavy atom. The Morgan fingerprint density at radius 2 is 0.496 bits per heavy atom. The van der Waals surface area contributed by atoms with Crippen molar-refractivity contribution < 1.29 is 0 Å². The maximum absolute atomic E-state index is 5.56. The molecule has 9 heteroatoms. The molecule has 0 atom stereocenters. The Bertz CT molecular complexity index is 9210. The van der Waals surface area contributed by atoms with E-state index in [-0.39, 0.29) is 0 Å². The quantitative estimate of drug-likeness (QED) is 0.137. The van der Waals surface area contributed by atoms with E-state index >= 15 is 0 Å². The lowest BCUT2D eigenvalue weighted by Crippen LogP contribution is -2.03. The van der Waals surface area contributed by atoms with Gasteiger partial charge in [-0.25, -0.2) is 19.9 Å². The highest BCUT2D eigenvalue weighted by molar-refractivity contribution is 6.25. The number of nitrogens with zero attached hydrogens (tertiary/aromatic N) is 9. The van der Waals surface area contributed by atoms with Crippen molar-refractivity contribution in [3.8, 4) is 84.9 Å². The monoisotopic (exact) mass is 1620 g/mol. The fraction of sp³-hybridized carbons (Fsp3) is 0. The van der Waals surface area contributed by atoms with Crippen LogP contribution in [-0.4, -0.2) is 42.8 Å². The Morgan fingerprint density at radius 3 is 0.976 bits per heavy atom. The van der Waals surface area contributed by atoms with Gasteiger partial charge in [0, 0.05) is 104 Å². The predicted octanol–water partition coefficient (Wildman–Crippen LogP) is 30.5. The van der Waals surface area contributed by atoms with E-state index in [4.69, 9.17) is 19.9 Å². The van der Waals surface area contributed by atoms with Gasteiger partial charge in [-0.2, -0.15) is 0 Å². The maximum atomic E-state index is 5.56. The van der Waals surface area contributed by atoms with E-state index in [1.807, 2.05) is 6.07 Å². The second-order valence-electron chi connectivity index (χ2n) is 33.1. The molecule has 0 saturated heterocycles. The molecule has 7 aromatic heterocycles. The third-order valence-corrected chi connectivity index (χ3v) is 26.1. The average molecular weight is 1620 g/mol. The van der Waals surface area contributed by atoms with E-state index in [9.17, 15) is 0 Å². The van der Waals surface area contributed by atoms with Crippen LogP contribution < -0.4 is 0 Å². The van der Waals surface area contributed by atoms with Crippen LogP contribution in [0.15, 0.2) is 443 Å². The molecule has 0 aliphatic rings. The van der Waals surface area contributed by atoms with E-state index in [0.717, 1.165) is 116 Å². The molecule has 590 valence electrons. The number of aromatic nitrogens is 9. The van der Waals surface area contributed by atoms with Gasteiger partial charge in [0.1, 0.15) is 0 Å². The summed E-state index contributed by atoms with van der Waals surface area (Å²) in [7, 11) is 0. The predicted molar refractivity (Wildman–Crippen MR) is 530 cm³/mol. The van der Waals surface area contributed by atoms with Crippen molar-refractivity contribution >= 4 is 163 Å². The van der Waals surface area contributed by atoms with E-state index in [0.29, 0.717) is 11.8 Å². The second kappa shape index (κ2) is 28.8. The highest BCUT2D eigenvalue weighted by Gasteiger charge is 2.26. The summed E-state index contributed by atoms with van der Waals surface area (Å²) in [4.78, 5) is 21.4. The molecule has 0 spiro atoms. The van der Waals surface area contributed by atoms with Crippen LogP contribution in [0.4, 0.5) is 0 Å². The largest absolute Gasteiger partial charge is 0.309 e. The lowest BCUT2D eigenvalue weighted by Gasteiger charge is -2.15. The molecule has 0 fully saturated rings. The fourth-order valence-corrected chi connectivity index (χ4v) is 20.5. The van der Waals surface area contributed by atoms with Gasteiger partial charge in [-0.05, 0) is 201 Å². The van der Waals surface area contributed by atoms with Gasteiger partial charge in [-0.15, -0.1) is 0 Å². The topological polar surface area (TPSA) is 76.2 Å². The number of hydrogen-bond acceptors (Lipinski definition) is 4. The van der Waals surface area contributed by atoms with E-state index in [2.05, 4.69) is 460 Å². The molecular formula is C118H73N9. The second-order valence-corrected chi connectivity index (χ2v) is 33.1. The number of para-hydroxylation sites is 8. The summed E-state index contributed by atoms with van der Waals surface area (Å²) in [6.07, 6.45) is 0. The molecule has 0 aliphatic heterocycles. The van der Waals surface area contributed by atoms with Crippen LogP contribution in [0.2, 0.25) is 0 Å². The van der Waals surface area contributed by atoms with Crippen LogP contribution >= 0.6 is 0 Å². The number of benzene rings is 20. The van der Waals surface area contributed by atoms with Gasteiger partial charge in [-0.1, -0.05) is 291 Å². The van der Waals surface area contributed by atoms with Gasteiger partial charge in [0.05, 0.1) is 83.3 Å². The smallest absolute Gasteiger partial charge is 0.235 e. The molecule has 0 saturated carbocycles. The molecule has 27 aromatic rings. The first kappa shape index (κ1) is 71.6. The Balaban J connectivity index is 0.000000135. The Labute approximate surface area is 728 Å². The van der Waals surface area contributed by atoms with E-state index < -0.39 is 0 Å². The first-order valence-electron chi connectivity index (χ1n) is 43.3. The lowest BCUT2D eigenvalue weighted by atomic mass is 9.99. The van der Waals surface area contributed by atoms with Crippen molar-refractivity contribution in [3.05, 3.63) is 443 Å². The molecule has 0 unspecified atom stereocenters. The molecule has 7 heterocycles. The molecule has 27 rings (SSSR count). The van der Waals surface area contributed by atoms with Crippen molar-refractivity contribution in [2.24, 2.45) is 0 Å². The summed E-state index contributed by atoms with van der Waals surface area (Å²) in [5.74, 6) is 1.36. The fourth-order valence-electron chi connectivity index (χ4n) is 20.5. The van der Waals surface area contributed by atoms with Crippen LogP contribution in [0.3, 0.4) is 0 Å². The van der Waals surface area contributed by atoms with Crippen LogP contribution in [0.25, 0.3) is 248 Å². The SMILES string of the molecule is c1ccc(-c2nc(-c3ccc(-n4c5ccc(-c6ccc7c(c6)c6ccccc6n7-c6ccccc6)cc5c5c6ccccc6ccc54)c4ccccc34)nc3ccccc23)cc1.c1ccc(-n2c3ccccc3c3cc(-c4ccc5c(c4)c4c6ccccc6ccc4n5-c4nc(-c5ccc6c(c5)c5ccccc5n6-c5ccccc5)c5ccccc5n4)ccc32)cc1. The maximum Gasteiger partial charge on any atom is 0.235 e. The molecule has 0 amide bonds. The van der Waals surface area contributed by atoms with Gasteiger partial charge in [0.25, 0.3) is 0 Å². The summed E-state index contributed by atoms with van der Waals surface area (Å²) in [5.41, 5.74) is 27.7. The number of fused-ring (bicyclic) bond motifs is 22. The van der Waals surface area contributed by atoms with Crippen LogP contribution in [0, 0.1) is 0 Å². The minimum absolute atomic E-state index is 0.642. The summed E-state index contributed by atoms with van der Waals surface area (Å²) in [6, 6.07) is 159. The summed E-state index contributed by atoms with van der Waals surface area (Å²) in [6.45, 7) is 0. The highest BCUT2D eigenvalue weighted by Crippen LogP contribution is 2.47. The minimum atomic E-state index is 0.642.